The van der Waals surface area contributed by atoms with E-state index in [1.165, 1.54) is 7.11 Å². The molecule has 246 valence electrons. The average molecular weight is 640 g/mol. The van der Waals surface area contributed by atoms with E-state index in [1.54, 1.807) is 41.3 Å². The molecule has 2 atom stereocenters. The highest BCUT2D eigenvalue weighted by Gasteiger charge is 2.40. The molecule has 3 aromatic carbocycles. The number of esters is 1. The number of methoxy groups -OCH3 is 1. The zero-order valence-electron chi connectivity index (χ0n) is 27.1. The van der Waals surface area contributed by atoms with E-state index in [0.29, 0.717) is 56.2 Å². The van der Waals surface area contributed by atoms with Crippen LogP contribution < -0.4 is 5.32 Å². The number of hydrogen-bond donors (Lipinski definition) is 1. The van der Waals surface area contributed by atoms with Crippen LogP contribution in [-0.4, -0.2) is 79.9 Å². The summed E-state index contributed by atoms with van der Waals surface area (Å²) >= 11 is 0. The Morgan fingerprint density at radius 2 is 1.51 bits per heavy atom. The van der Waals surface area contributed by atoms with Crippen molar-refractivity contribution in [1.82, 2.24) is 9.80 Å². The molecule has 0 aromatic heterocycles. The molecule has 2 aliphatic heterocycles. The largest absolute Gasteiger partial charge is 0.465 e. The van der Waals surface area contributed by atoms with Crippen molar-refractivity contribution in [2.75, 3.05) is 51.8 Å². The Morgan fingerprint density at radius 3 is 2.15 bits per heavy atom. The maximum absolute atomic E-state index is 14.5. The Hall–Kier alpha value is -4.54. The van der Waals surface area contributed by atoms with Crippen molar-refractivity contribution in [3.63, 3.8) is 0 Å². The van der Waals surface area contributed by atoms with Gasteiger partial charge in [-0.1, -0.05) is 42.5 Å². The van der Waals surface area contributed by atoms with E-state index in [-0.39, 0.29) is 34.6 Å². The molecule has 1 aliphatic carbocycles. The number of amides is 2. The second-order valence-electron chi connectivity index (χ2n) is 12.1. The summed E-state index contributed by atoms with van der Waals surface area (Å²) in [6.07, 6.45) is 1.41. The number of piperazine rings is 1. The monoisotopic (exact) mass is 639 g/mol. The van der Waals surface area contributed by atoms with Crippen LogP contribution in [0.15, 0.2) is 66.7 Å². The zero-order chi connectivity index (χ0) is 33.1. The van der Waals surface area contributed by atoms with Gasteiger partial charge in [0.2, 0.25) is 5.91 Å². The predicted molar refractivity (Wildman–Crippen MR) is 175 cm³/mol. The number of ketones is 1. The lowest BCUT2D eigenvalue weighted by molar-refractivity contribution is -0.140. The van der Waals surface area contributed by atoms with Gasteiger partial charge in [0.25, 0.3) is 5.91 Å². The van der Waals surface area contributed by atoms with Gasteiger partial charge in [0.15, 0.2) is 12.1 Å². The molecule has 1 N–H and O–H groups in total. The van der Waals surface area contributed by atoms with Gasteiger partial charge in [0.05, 0.1) is 30.2 Å². The highest BCUT2D eigenvalue weighted by Crippen LogP contribution is 2.44. The fraction of sp³-hybridized carbons (Fsp3) is 0.405. The third-order valence-electron chi connectivity index (χ3n) is 9.14. The normalized spacial score (nSPS) is 19.3. The molecule has 0 radical (unpaired) electrons. The van der Waals surface area contributed by atoms with E-state index < -0.39 is 24.2 Å². The van der Waals surface area contributed by atoms with E-state index >= 15 is 0 Å². The van der Waals surface area contributed by atoms with E-state index in [9.17, 15) is 19.2 Å². The van der Waals surface area contributed by atoms with E-state index in [0.717, 1.165) is 24.0 Å². The summed E-state index contributed by atoms with van der Waals surface area (Å²) in [5, 5.41) is 3.53. The standard InChI is InChI=1S/C37H41N3O7/c1-4-46-37(47-5-2)25-16-12-23(13-17-25)32-30(33(41)31-28(36(44)45-3)10-7-11-29(31)38-32)26-8-6-9-27(22-26)35(43)40-20-18-39(19-21-40)34(42)24-14-15-24/h6-13,16-17,22,24,30,32,37-38H,4-5,14-15,18-21H2,1-3H3. The summed E-state index contributed by atoms with van der Waals surface area (Å²) in [4.78, 5) is 57.1. The molecule has 0 spiro atoms. The maximum Gasteiger partial charge on any atom is 0.338 e. The second kappa shape index (κ2) is 14.1. The second-order valence-corrected chi connectivity index (χ2v) is 12.1. The van der Waals surface area contributed by atoms with Crippen LogP contribution in [0.4, 0.5) is 5.69 Å². The number of benzene rings is 3. The number of Topliss-reactive ketones (excluding diaryl/α,β-unsaturated/α-hetero) is 1. The highest BCUT2D eigenvalue weighted by molar-refractivity contribution is 6.14. The minimum atomic E-state index is -0.755. The summed E-state index contributed by atoms with van der Waals surface area (Å²) in [6, 6.07) is 19.5. The van der Waals surface area contributed by atoms with Crippen LogP contribution in [0.5, 0.6) is 0 Å². The van der Waals surface area contributed by atoms with Crippen LogP contribution in [0.3, 0.4) is 0 Å². The number of nitrogens with one attached hydrogen (secondary N) is 1. The van der Waals surface area contributed by atoms with Crippen LogP contribution in [0.2, 0.25) is 0 Å². The summed E-state index contributed by atoms with van der Waals surface area (Å²) < 4.78 is 16.6. The lowest BCUT2D eigenvalue weighted by Gasteiger charge is -2.36. The van der Waals surface area contributed by atoms with Gasteiger partial charge in [0.1, 0.15) is 0 Å². The average Bonchev–Trinajstić information content (AvgIpc) is 3.96. The predicted octanol–water partition coefficient (Wildman–Crippen LogP) is 5.37. The first-order valence-corrected chi connectivity index (χ1v) is 16.4. The van der Waals surface area contributed by atoms with Crippen molar-refractivity contribution in [3.05, 3.63) is 100 Å². The van der Waals surface area contributed by atoms with Crippen molar-refractivity contribution >= 4 is 29.3 Å². The molecule has 47 heavy (non-hydrogen) atoms. The lowest BCUT2D eigenvalue weighted by Crippen LogP contribution is -2.51. The number of ether oxygens (including phenoxy) is 3. The van der Waals surface area contributed by atoms with Gasteiger partial charge in [-0.25, -0.2) is 4.79 Å². The van der Waals surface area contributed by atoms with Crippen molar-refractivity contribution in [2.24, 2.45) is 5.92 Å². The molecule has 2 amide bonds. The molecule has 1 saturated heterocycles. The molecule has 2 fully saturated rings. The summed E-state index contributed by atoms with van der Waals surface area (Å²) in [5.41, 5.74) is 3.81. The molecule has 2 heterocycles. The van der Waals surface area contributed by atoms with Crippen molar-refractivity contribution < 1.29 is 33.4 Å². The van der Waals surface area contributed by atoms with Crippen LogP contribution in [-0.2, 0) is 19.0 Å². The first-order valence-electron chi connectivity index (χ1n) is 16.4. The van der Waals surface area contributed by atoms with Gasteiger partial charge in [-0.2, -0.15) is 0 Å². The van der Waals surface area contributed by atoms with Crippen LogP contribution in [0, 0.1) is 5.92 Å². The number of nitrogens with zero attached hydrogens (tertiary/aromatic N) is 2. The molecular formula is C37H41N3O7. The number of carbonyl (C=O) groups is 4. The van der Waals surface area contributed by atoms with Crippen LogP contribution >= 0.6 is 0 Å². The van der Waals surface area contributed by atoms with Gasteiger partial charge in [-0.3, -0.25) is 14.4 Å². The van der Waals surface area contributed by atoms with Crippen molar-refractivity contribution in [3.8, 4) is 0 Å². The van der Waals surface area contributed by atoms with Gasteiger partial charge in [-0.15, -0.1) is 0 Å². The Labute approximate surface area is 275 Å². The van der Waals surface area contributed by atoms with Crippen LogP contribution in [0.1, 0.15) is 92.7 Å². The van der Waals surface area contributed by atoms with Gasteiger partial charge in [0, 0.05) is 62.1 Å². The van der Waals surface area contributed by atoms with Gasteiger partial charge in [-0.05, 0) is 62.1 Å². The highest BCUT2D eigenvalue weighted by atomic mass is 16.7. The van der Waals surface area contributed by atoms with Gasteiger partial charge >= 0.3 is 5.97 Å². The topological polar surface area (TPSA) is 114 Å². The molecule has 6 rings (SSSR count). The molecule has 0 bridgehead atoms. The Morgan fingerprint density at radius 1 is 0.851 bits per heavy atom. The number of hydrogen-bond acceptors (Lipinski definition) is 8. The third-order valence-corrected chi connectivity index (χ3v) is 9.14. The number of anilines is 1. The van der Waals surface area contributed by atoms with Crippen LogP contribution in [0.25, 0.3) is 0 Å². The Bertz CT molecular complexity index is 1640. The minimum Gasteiger partial charge on any atom is -0.465 e. The molecule has 3 aliphatic rings. The maximum atomic E-state index is 14.5. The number of carbonyl (C=O) groups excluding carboxylic acids is 4. The van der Waals surface area contributed by atoms with Crippen molar-refractivity contribution in [2.45, 2.75) is 44.9 Å². The fourth-order valence-corrected chi connectivity index (χ4v) is 6.57. The van der Waals surface area contributed by atoms with Crippen molar-refractivity contribution in [1.29, 1.82) is 0 Å². The first-order chi connectivity index (χ1) is 22.8. The number of rotatable bonds is 10. The summed E-state index contributed by atoms with van der Waals surface area (Å²) in [6.45, 7) is 6.77. The number of fused-ring (bicyclic) bond motifs is 1. The molecule has 1 saturated carbocycles. The summed E-state index contributed by atoms with van der Waals surface area (Å²) in [7, 11) is 1.29. The summed E-state index contributed by atoms with van der Waals surface area (Å²) in [5.74, 6) is -1.39. The molecule has 3 aromatic rings. The Balaban J connectivity index is 1.33. The zero-order valence-corrected chi connectivity index (χ0v) is 27.1. The molecular weight excluding hydrogens is 598 g/mol. The smallest absolute Gasteiger partial charge is 0.338 e. The van der Waals surface area contributed by atoms with E-state index in [2.05, 4.69) is 5.32 Å². The quantitative estimate of drug-likeness (QED) is 0.233. The lowest BCUT2D eigenvalue weighted by atomic mass is 9.76. The molecule has 10 heteroatoms. The Kier molecular flexibility index (Phi) is 9.70. The third kappa shape index (κ3) is 6.66. The SMILES string of the molecule is CCOC(OCC)c1ccc(C2Nc3cccc(C(=O)OC)c3C(=O)C2c2cccc(C(=O)N3CCN(C(=O)C4CC4)CC3)c2)cc1. The van der Waals surface area contributed by atoms with E-state index in [1.807, 2.05) is 49.1 Å². The fourth-order valence-electron chi connectivity index (χ4n) is 6.57. The first kappa shape index (κ1) is 32.4. The van der Waals surface area contributed by atoms with Gasteiger partial charge < -0.3 is 29.3 Å². The molecule has 10 nitrogen and oxygen atoms in total. The van der Waals surface area contributed by atoms with E-state index in [4.69, 9.17) is 14.2 Å². The minimum absolute atomic E-state index is 0.143. The molecule has 2 unspecified atom stereocenters.